The standard InChI is InChI=1S/C14H13F2IO4/c15-14(16)11(8-17)20-10(6-7-18)12(14)21-13(19)9-4-2-1-3-5-9/h1-5,7,10-12H,6,8H2/t10-,11+,12?/m1/s1. The van der Waals surface area contributed by atoms with Crippen molar-refractivity contribution in [1.82, 2.24) is 0 Å². The van der Waals surface area contributed by atoms with E-state index in [1.807, 2.05) is 0 Å². The largest absolute Gasteiger partial charge is 0.449 e. The highest BCUT2D eigenvalue weighted by atomic mass is 127. The molecule has 1 aromatic carbocycles. The van der Waals surface area contributed by atoms with Crippen molar-refractivity contribution in [2.24, 2.45) is 0 Å². The van der Waals surface area contributed by atoms with E-state index < -0.39 is 30.2 Å². The molecule has 2 rings (SSSR count). The smallest absolute Gasteiger partial charge is 0.338 e. The topological polar surface area (TPSA) is 52.6 Å². The zero-order valence-corrected chi connectivity index (χ0v) is 13.0. The van der Waals surface area contributed by atoms with Crippen LogP contribution in [0.15, 0.2) is 30.3 Å². The Hall–Kier alpha value is -1.09. The number of rotatable bonds is 5. The minimum absolute atomic E-state index is 0.0412. The molecule has 114 valence electrons. The maximum Gasteiger partial charge on any atom is 0.338 e. The molecule has 0 saturated carbocycles. The predicted molar refractivity (Wildman–Crippen MR) is 78.8 cm³/mol. The van der Waals surface area contributed by atoms with Crippen LogP contribution in [0.2, 0.25) is 0 Å². The Balaban J connectivity index is 2.18. The highest BCUT2D eigenvalue weighted by Gasteiger charge is 2.60. The van der Waals surface area contributed by atoms with E-state index in [-0.39, 0.29) is 16.4 Å². The molecule has 1 aliphatic heterocycles. The zero-order chi connectivity index (χ0) is 15.5. The average Bonchev–Trinajstić information content (AvgIpc) is 2.72. The molecule has 0 spiro atoms. The highest BCUT2D eigenvalue weighted by Crippen LogP contribution is 2.40. The van der Waals surface area contributed by atoms with Crippen LogP contribution < -0.4 is 0 Å². The van der Waals surface area contributed by atoms with Gasteiger partial charge in [-0.3, -0.25) is 0 Å². The fourth-order valence-electron chi connectivity index (χ4n) is 2.13. The minimum Gasteiger partial charge on any atom is -0.449 e. The second-order valence-electron chi connectivity index (χ2n) is 4.59. The summed E-state index contributed by atoms with van der Waals surface area (Å²) in [5.41, 5.74) is 0.177. The molecule has 1 heterocycles. The van der Waals surface area contributed by atoms with Crippen molar-refractivity contribution < 1.29 is 27.8 Å². The van der Waals surface area contributed by atoms with Crippen LogP contribution in [0.5, 0.6) is 0 Å². The first-order chi connectivity index (χ1) is 10.0. The van der Waals surface area contributed by atoms with Crippen molar-refractivity contribution in [3.05, 3.63) is 35.9 Å². The molecule has 0 aliphatic carbocycles. The van der Waals surface area contributed by atoms with E-state index in [1.165, 1.54) is 12.1 Å². The molecule has 7 heteroatoms. The summed E-state index contributed by atoms with van der Waals surface area (Å²) >= 11 is 1.77. The maximum atomic E-state index is 14.2. The van der Waals surface area contributed by atoms with Gasteiger partial charge in [0.1, 0.15) is 18.5 Å². The van der Waals surface area contributed by atoms with Gasteiger partial charge in [-0.2, -0.15) is 8.78 Å². The van der Waals surface area contributed by atoms with Gasteiger partial charge in [0.2, 0.25) is 0 Å². The molecule has 4 nitrogen and oxygen atoms in total. The Kier molecular flexibility index (Phi) is 5.26. The van der Waals surface area contributed by atoms with Gasteiger partial charge >= 0.3 is 11.9 Å². The van der Waals surface area contributed by atoms with Gasteiger partial charge in [-0.15, -0.1) is 0 Å². The van der Waals surface area contributed by atoms with Gasteiger partial charge in [0.15, 0.2) is 6.10 Å². The zero-order valence-electron chi connectivity index (χ0n) is 10.9. The molecule has 1 fully saturated rings. The van der Waals surface area contributed by atoms with Crippen LogP contribution in [0.4, 0.5) is 8.78 Å². The molecular formula is C14H13F2IO4. The van der Waals surface area contributed by atoms with Gasteiger partial charge in [0.25, 0.3) is 0 Å². The van der Waals surface area contributed by atoms with Gasteiger partial charge in [-0.25, -0.2) is 4.79 Å². The fraction of sp³-hybridized carbons (Fsp3) is 0.429. The molecule has 0 amide bonds. The first-order valence-electron chi connectivity index (χ1n) is 6.29. The second kappa shape index (κ2) is 6.78. The molecule has 0 bridgehead atoms. The van der Waals surface area contributed by atoms with E-state index in [0.717, 1.165) is 0 Å². The number of hydrogen-bond acceptors (Lipinski definition) is 4. The van der Waals surface area contributed by atoms with E-state index in [2.05, 4.69) is 0 Å². The Morgan fingerprint density at radius 2 is 2.05 bits per heavy atom. The molecule has 0 aromatic heterocycles. The number of benzene rings is 1. The number of ether oxygens (including phenoxy) is 2. The van der Waals surface area contributed by atoms with Crippen molar-refractivity contribution in [3.63, 3.8) is 0 Å². The van der Waals surface area contributed by atoms with E-state index in [4.69, 9.17) is 9.47 Å². The normalized spacial score (nSPS) is 27.3. The van der Waals surface area contributed by atoms with Crippen LogP contribution in [0.25, 0.3) is 0 Å². The van der Waals surface area contributed by atoms with Gasteiger partial charge in [0.05, 0.1) is 5.56 Å². The summed E-state index contributed by atoms with van der Waals surface area (Å²) in [6, 6.07) is 7.86. The predicted octanol–water partition coefficient (Wildman–Crippen LogP) is 2.64. The molecule has 0 N–H and O–H groups in total. The van der Waals surface area contributed by atoms with Crippen LogP contribution >= 0.6 is 22.6 Å². The summed E-state index contributed by atoms with van der Waals surface area (Å²) in [6.45, 7) is 0. The van der Waals surface area contributed by atoms with Gasteiger partial charge in [-0.05, 0) is 12.1 Å². The number of carbonyl (C=O) groups excluding carboxylic acids is 2. The van der Waals surface area contributed by atoms with Crippen LogP contribution in [0.3, 0.4) is 0 Å². The average molecular weight is 410 g/mol. The van der Waals surface area contributed by atoms with Crippen molar-refractivity contribution >= 4 is 34.8 Å². The molecular weight excluding hydrogens is 397 g/mol. The van der Waals surface area contributed by atoms with Crippen molar-refractivity contribution in [1.29, 1.82) is 0 Å². The van der Waals surface area contributed by atoms with E-state index in [9.17, 15) is 18.4 Å². The Bertz CT molecular complexity index is 509. The lowest BCUT2D eigenvalue weighted by atomic mass is 10.1. The third-order valence-corrected chi connectivity index (χ3v) is 4.00. The molecule has 3 atom stereocenters. The monoisotopic (exact) mass is 410 g/mol. The van der Waals surface area contributed by atoms with Crippen LogP contribution in [0, 0.1) is 0 Å². The Morgan fingerprint density at radius 3 is 2.62 bits per heavy atom. The molecule has 1 saturated heterocycles. The molecule has 1 aromatic rings. The van der Waals surface area contributed by atoms with Crippen molar-refractivity contribution in [2.75, 3.05) is 4.43 Å². The van der Waals surface area contributed by atoms with E-state index in [1.54, 1.807) is 40.8 Å². The lowest BCUT2D eigenvalue weighted by Gasteiger charge is -2.22. The summed E-state index contributed by atoms with van der Waals surface area (Å²) in [6.07, 6.45) is -3.99. The lowest BCUT2D eigenvalue weighted by molar-refractivity contribution is -0.113. The Labute approximate surface area is 133 Å². The summed E-state index contributed by atoms with van der Waals surface area (Å²) in [5.74, 6) is -4.17. The quantitative estimate of drug-likeness (QED) is 0.324. The number of halogens is 3. The lowest BCUT2D eigenvalue weighted by Crippen LogP contribution is -2.43. The summed E-state index contributed by atoms with van der Waals surface area (Å²) in [7, 11) is 0. The summed E-state index contributed by atoms with van der Waals surface area (Å²) < 4.78 is 38.5. The van der Waals surface area contributed by atoms with Crippen LogP contribution in [-0.2, 0) is 14.3 Å². The Morgan fingerprint density at radius 1 is 1.38 bits per heavy atom. The van der Waals surface area contributed by atoms with E-state index in [0.29, 0.717) is 6.29 Å². The maximum absolute atomic E-state index is 14.2. The summed E-state index contributed by atoms with van der Waals surface area (Å²) in [5, 5.41) is 0. The second-order valence-corrected chi connectivity index (χ2v) is 5.47. The van der Waals surface area contributed by atoms with Crippen LogP contribution in [-0.4, -0.2) is 40.9 Å². The minimum atomic E-state index is -3.32. The SMILES string of the molecule is O=CC[C@H]1O[C@@H](CI)C(F)(F)C1OC(=O)c1ccccc1. The molecule has 21 heavy (non-hydrogen) atoms. The highest BCUT2D eigenvalue weighted by molar-refractivity contribution is 14.1. The molecule has 0 radical (unpaired) electrons. The van der Waals surface area contributed by atoms with Crippen molar-refractivity contribution in [3.8, 4) is 0 Å². The number of aldehydes is 1. The first-order valence-corrected chi connectivity index (χ1v) is 7.82. The third kappa shape index (κ3) is 3.39. The molecule has 1 unspecified atom stereocenters. The van der Waals surface area contributed by atoms with Gasteiger partial charge in [0, 0.05) is 10.8 Å². The van der Waals surface area contributed by atoms with Gasteiger partial charge in [-0.1, -0.05) is 40.8 Å². The van der Waals surface area contributed by atoms with Crippen molar-refractivity contribution in [2.45, 2.75) is 30.7 Å². The summed E-state index contributed by atoms with van der Waals surface area (Å²) in [4.78, 5) is 22.5. The van der Waals surface area contributed by atoms with Gasteiger partial charge < -0.3 is 14.3 Å². The van der Waals surface area contributed by atoms with Crippen LogP contribution in [0.1, 0.15) is 16.8 Å². The third-order valence-electron chi connectivity index (χ3n) is 3.20. The number of carbonyl (C=O) groups is 2. The number of esters is 1. The fourth-order valence-corrected chi connectivity index (χ4v) is 2.92. The number of alkyl halides is 3. The number of hydrogen-bond donors (Lipinski definition) is 0. The molecule has 1 aliphatic rings. The first kappa shape index (κ1) is 16.3. The van der Waals surface area contributed by atoms with E-state index >= 15 is 0 Å².